The van der Waals surface area contributed by atoms with Gasteiger partial charge in [-0.3, -0.25) is 9.36 Å². The molecule has 5 N–H and O–H groups in total. The number of aromatic nitrogens is 4. The van der Waals surface area contributed by atoms with E-state index in [0.717, 1.165) is 0 Å². The van der Waals surface area contributed by atoms with Crippen LogP contribution in [0, 0.1) is 18.3 Å². The van der Waals surface area contributed by atoms with Gasteiger partial charge in [0.25, 0.3) is 12.0 Å². The van der Waals surface area contributed by atoms with Crippen molar-refractivity contribution < 1.29 is 8.78 Å². The molecule has 0 aliphatic rings. The minimum atomic E-state index is -2.72. The van der Waals surface area contributed by atoms with Crippen molar-refractivity contribution in [3.8, 4) is 11.8 Å². The van der Waals surface area contributed by atoms with Gasteiger partial charge in [0.2, 0.25) is 5.95 Å². The van der Waals surface area contributed by atoms with Crippen LogP contribution in [0.4, 0.5) is 26.4 Å². The second-order valence-corrected chi connectivity index (χ2v) is 7.98. The molecule has 35 heavy (non-hydrogen) atoms. The first kappa shape index (κ1) is 23.8. The number of halogens is 3. The van der Waals surface area contributed by atoms with Gasteiger partial charge in [-0.25, -0.2) is 13.8 Å². The summed E-state index contributed by atoms with van der Waals surface area (Å²) in [5.41, 5.74) is 11.6. The van der Waals surface area contributed by atoms with Crippen molar-refractivity contribution in [1.29, 1.82) is 5.26 Å². The highest BCUT2D eigenvalue weighted by molar-refractivity contribution is 6.35. The second kappa shape index (κ2) is 9.52. The first-order valence-electron chi connectivity index (χ1n) is 10.4. The summed E-state index contributed by atoms with van der Waals surface area (Å²) in [6.45, 7) is 1.68. The quantitative estimate of drug-likeness (QED) is 0.365. The van der Waals surface area contributed by atoms with Crippen LogP contribution >= 0.6 is 11.6 Å². The number of fused-ring (bicyclic) bond motifs is 1. The van der Waals surface area contributed by atoms with Crippen molar-refractivity contribution in [1.82, 2.24) is 19.5 Å². The summed E-state index contributed by atoms with van der Waals surface area (Å²) in [6, 6.07) is 11.1. The highest BCUT2D eigenvalue weighted by Gasteiger charge is 2.20. The molecule has 0 aliphatic carbocycles. The molecule has 0 atom stereocenters. The average Bonchev–Trinajstić information content (AvgIpc) is 2.79. The maximum Gasteiger partial charge on any atom is 0.267 e. The van der Waals surface area contributed by atoms with E-state index in [1.165, 1.54) is 23.6 Å². The van der Waals surface area contributed by atoms with E-state index in [4.69, 9.17) is 23.1 Å². The van der Waals surface area contributed by atoms with Crippen LogP contribution in [0.5, 0.6) is 0 Å². The van der Waals surface area contributed by atoms with Crippen molar-refractivity contribution >= 4 is 40.1 Å². The van der Waals surface area contributed by atoms with Crippen LogP contribution < -0.4 is 22.3 Å². The van der Waals surface area contributed by atoms with Crippen molar-refractivity contribution in [3.63, 3.8) is 0 Å². The normalized spacial score (nSPS) is 11.1. The predicted octanol–water partition coefficient (Wildman–Crippen LogP) is 3.77. The number of nitrogens with zero attached hydrogens (tertiary/aromatic N) is 5. The van der Waals surface area contributed by atoms with E-state index in [1.807, 2.05) is 6.07 Å². The molecule has 0 saturated carbocycles. The smallest absolute Gasteiger partial charge is 0.267 e. The number of anilines is 3. The topological polar surface area (TPSA) is 149 Å². The predicted molar refractivity (Wildman–Crippen MR) is 130 cm³/mol. The lowest BCUT2D eigenvalue weighted by Crippen LogP contribution is -2.26. The lowest BCUT2D eigenvalue weighted by atomic mass is 10.1. The van der Waals surface area contributed by atoms with Gasteiger partial charge in [0.1, 0.15) is 23.3 Å². The first-order valence-corrected chi connectivity index (χ1v) is 10.8. The fourth-order valence-corrected chi connectivity index (χ4v) is 4.05. The van der Waals surface area contributed by atoms with E-state index < -0.39 is 12.0 Å². The highest BCUT2D eigenvalue weighted by Crippen LogP contribution is 2.28. The molecule has 0 saturated heterocycles. The van der Waals surface area contributed by atoms with Crippen LogP contribution in [0.3, 0.4) is 0 Å². The summed E-state index contributed by atoms with van der Waals surface area (Å²) in [6.07, 6.45) is -2.56. The molecule has 9 nitrogen and oxygen atoms in total. The zero-order valence-electron chi connectivity index (χ0n) is 18.4. The largest absolute Gasteiger partial charge is 0.382 e. The number of nitriles is 1. The number of hydrogen-bond acceptors (Lipinski definition) is 8. The molecule has 0 radical (unpaired) electrons. The molecule has 4 aromatic rings. The fourth-order valence-electron chi connectivity index (χ4n) is 3.80. The number of hydrogen-bond donors (Lipinski definition) is 3. The van der Waals surface area contributed by atoms with Crippen LogP contribution in [0.1, 0.15) is 28.9 Å². The molecule has 2 heterocycles. The van der Waals surface area contributed by atoms with Crippen LogP contribution in [-0.2, 0) is 6.42 Å². The Balaban J connectivity index is 1.83. The zero-order chi connectivity index (χ0) is 25.3. The summed E-state index contributed by atoms with van der Waals surface area (Å²) in [4.78, 5) is 25.9. The molecule has 0 spiro atoms. The molecule has 0 fully saturated rings. The Morgan fingerprint density at radius 3 is 2.63 bits per heavy atom. The average molecular weight is 497 g/mol. The molecule has 0 aliphatic heterocycles. The number of nitrogen functional groups attached to an aromatic ring is 2. The van der Waals surface area contributed by atoms with E-state index >= 15 is 0 Å². The van der Waals surface area contributed by atoms with Crippen LogP contribution in [-0.4, -0.2) is 26.1 Å². The lowest BCUT2D eigenvalue weighted by molar-refractivity contribution is 0.150. The molecular weight excluding hydrogens is 478 g/mol. The Hall–Kier alpha value is -4.30. The summed E-state index contributed by atoms with van der Waals surface area (Å²) in [5.74, 6) is 0.238. The van der Waals surface area contributed by atoms with E-state index in [0.29, 0.717) is 11.3 Å². The Bertz CT molecular complexity index is 1550. The second-order valence-electron chi connectivity index (χ2n) is 7.57. The van der Waals surface area contributed by atoms with Crippen LogP contribution in [0.2, 0.25) is 5.02 Å². The van der Waals surface area contributed by atoms with E-state index in [2.05, 4.69) is 20.3 Å². The van der Waals surface area contributed by atoms with Gasteiger partial charge < -0.3 is 16.8 Å². The monoisotopic (exact) mass is 496 g/mol. The molecule has 12 heteroatoms. The minimum Gasteiger partial charge on any atom is -0.382 e. The summed E-state index contributed by atoms with van der Waals surface area (Å²) in [5, 5.41) is 12.7. The third-order valence-electron chi connectivity index (χ3n) is 5.45. The maximum absolute atomic E-state index is 13.6. The lowest BCUT2D eigenvalue weighted by Gasteiger charge is -2.18. The number of alkyl halides is 2. The van der Waals surface area contributed by atoms with Crippen molar-refractivity contribution in [2.24, 2.45) is 0 Å². The number of benzene rings is 2. The fraction of sp³-hybridized carbons (Fsp3) is 0.174. The Morgan fingerprint density at radius 2 is 1.91 bits per heavy atom. The third kappa shape index (κ3) is 4.43. The Kier molecular flexibility index (Phi) is 6.48. The third-order valence-corrected chi connectivity index (χ3v) is 5.76. The van der Waals surface area contributed by atoms with Crippen LogP contribution in [0.15, 0.2) is 41.2 Å². The van der Waals surface area contributed by atoms with Gasteiger partial charge in [-0.05, 0) is 30.7 Å². The van der Waals surface area contributed by atoms with E-state index in [9.17, 15) is 18.8 Å². The number of nitrogens with one attached hydrogen (secondary N) is 1. The number of rotatable bonds is 6. The van der Waals surface area contributed by atoms with Gasteiger partial charge in [0.15, 0.2) is 5.82 Å². The van der Waals surface area contributed by atoms with Gasteiger partial charge in [-0.1, -0.05) is 29.8 Å². The maximum atomic E-state index is 13.6. The van der Waals surface area contributed by atoms with E-state index in [-0.39, 0.29) is 63.3 Å². The molecular formula is C23H19ClF2N8O. The van der Waals surface area contributed by atoms with Gasteiger partial charge in [0.05, 0.1) is 21.6 Å². The summed E-state index contributed by atoms with van der Waals surface area (Å²) in [7, 11) is 0. The number of nitrogens with two attached hydrogens (primary N) is 2. The Labute approximate surface area is 203 Å². The van der Waals surface area contributed by atoms with Gasteiger partial charge in [-0.15, -0.1) is 0 Å². The highest BCUT2D eigenvalue weighted by atomic mass is 35.5. The van der Waals surface area contributed by atoms with Crippen LogP contribution in [0.25, 0.3) is 16.6 Å². The zero-order valence-corrected chi connectivity index (χ0v) is 19.1. The van der Waals surface area contributed by atoms with Crippen molar-refractivity contribution in [2.45, 2.75) is 19.8 Å². The molecule has 2 aromatic heterocycles. The standard InChI is InChI=1S/C23H19ClF2N8O/c1-11-12(19(25)26)4-2-7-16(11)34-17(31-15-6-3-5-14(24)18(15)22(34)35)8-9-30-21-13(10-27)20(28)32-23(29)33-21/h2-7,19H,8-9H2,1H3,(H5,28,29,30,32,33). The molecule has 4 rings (SSSR count). The van der Waals surface area contributed by atoms with E-state index in [1.54, 1.807) is 24.3 Å². The summed E-state index contributed by atoms with van der Waals surface area (Å²) < 4.78 is 28.4. The minimum absolute atomic E-state index is 0.0234. The SMILES string of the molecule is Cc1c(C(F)F)cccc1-n1c(CCNc2nc(N)nc(N)c2C#N)nc2cccc(Cl)c2c1=O. The van der Waals surface area contributed by atoms with Crippen molar-refractivity contribution in [2.75, 3.05) is 23.3 Å². The molecule has 178 valence electrons. The molecule has 0 bridgehead atoms. The molecule has 2 aromatic carbocycles. The summed E-state index contributed by atoms with van der Waals surface area (Å²) >= 11 is 6.29. The molecule has 0 unspecified atom stereocenters. The Morgan fingerprint density at radius 1 is 1.17 bits per heavy atom. The van der Waals surface area contributed by atoms with Gasteiger partial charge >= 0.3 is 0 Å². The molecule has 0 amide bonds. The van der Waals surface area contributed by atoms with Gasteiger partial charge in [-0.2, -0.15) is 15.2 Å². The first-order chi connectivity index (χ1) is 16.7. The van der Waals surface area contributed by atoms with Crippen molar-refractivity contribution in [3.05, 3.63) is 74.3 Å². The van der Waals surface area contributed by atoms with Gasteiger partial charge in [0, 0.05) is 18.5 Å².